The van der Waals surface area contributed by atoms with E-state index in [1.165, 1.54) is 24.8 Å². The van der Waals surface area contributed by atoms with Crippen LogP contribution in [0.1, 0.15) is 41.7 Å². The molecule has 13 heteroatoms. The predicted octanol–water partition coefficient (Wildman–Crippen LogP) is 5.13. The Morgan fingerprint density at radius 1 is 1.19 bits per heavy atom. The molecule has 2 aliphatic rings. The lowest BCUT2D eigenvalue weighted by atomic mass is 10.1. The molecule has 1 atom stereocenters. The molecule has 36 heavy (non-hydrogen) atoms. The van der Waals surface area contributed by atoms with Gasteiger partial charge >= 0.3 is 6.18 Å². The SMILES string of the molecule is O=C(c1nc2c(C(F)(F)F)cc(-c3ccoc3)cn2c1Cl)N1CCCN(C2CCCC2(F)F)C(=O)C1. The zero-order valence-electron chi connectivity index (χ0n) is 18.7. The summed E-state index contributed by atoms with van der Waals surface area (Å²) in [6.07, 6.45) is -0.538. The molecule has 0 bridgehead atoms. The summed E-state index contributed by atoms with van der Waals surface area (Å²) in [5.74, 6) is -4.50. The van der Waals surface area contributed by atoms with E-state index in [1.807, 2.05) is 0 Å². The van der Waals surface area contributed by atoms with Gasteiger partial charge in [0.25, 0.3) is 11.8 Å². The summed E-state index contributed by atoms with van der Waals surface area (Å²) >= 11 is 6.34. The fraction of sp³-hybridized carbons (Fsp3) is 0.435. The van der Waals surface area contributed by atoms with E-state index in [0.717, 1.165) is 20.3 Å². The van der Waals surface area contributed by atoms with E-state index in [0.29, 0.717) is 12.0 Å². The third kappa shape index (κ3) is 4.21. The molecule has 2 fully saturated rings. The summed E-state index contributed by atoms with van der Waals surface area (Å²) in [4.78, 5) is 32.2. The van der Waals surface area contributed by atoms with Gasteiger partial charge in [-0.2, -0.15) is 13.2 Å². The van der Waals surface area contributed by atoms with Crippen molar-refractivity contribution < 1.29 is 36.0 Å². The predicted molar refractivity (Wildman–Crippen MR) is 118 cm³/mol. The number of pyridine rings is 1. The summed E-state index contributed by atoms with van der Waals surface area (Å²) in [5.41, 5.74) is -1.64. The fourth-order valence-electron chi connectivity index (χ4n) is 4.88. The third-order valence-electron chi connectivity index (χ3n) is 6.64. The van der Waals surface area contributed by atoms with Crippen LogP contribution in [0, 0.1) is 0 Å². The average Bonchev–Trinajstić information content (AvgIpc) is 3.51. The Balaban J connectivity index is 1.49. The van der Waals surface area contributed by atoms with Crippen molar-refractivity contribution in [3.05, 3.63) is 47.3 Å². The number of nitrogens with zero attached hydrogens (tertiary/aromatic N) is 4. The Bertz CT molecular complexity index is 1320. The van der Waals surface area contributed by atoms with Gasteiger partial charge in [-0.3, -0.25) is 14.0 Å². The molecule has 0 spiro atoms. The highest BCUT2D eigenvalue weighted by Gasteiger charge is 2.49. The third-order valence-corrected chi connectivity index (χ3v) is 7.00. The van der Waals surface area contributed by atoms with Crippen molar-refractivity contribution in [2.75, 3.05) is 19.6 Å². The second kappa shape index (κ2) is 8.75. The number of amides is 2. The molecule has 5 rings (SSSR count). The second-order valence-corrected chi connectivity index (χ2v) is 9.29. The highest BCUT2D eigenvalue weighted by molar-refractivity contribution is 6.33. The van der Waals surface area contributed by atoms with E-state index in [-0.39, 0.29) is 43.1 Å². The Hall–Kier alpha value is -3.15. The maximum Gasteiger partial charge on any atom is 0.420 e. The number of carbonyl (C=O) groups excluding carboxylic acids is 2. The number of fused-ring (bicyclic) bond motifs is 1. The van der Waals surface area contributed by atoms with Gasteiger partial charge in [-0.15, -0.1) is 0 Å². The van der Waals surface area contributed by atoms with Crippen LogP contribution >= 0.6 is 11.6 Å². The number of hydrogen-bond donors (Lipinski definition) is 0. The summed E-state index contributed by atoms with van der Waals surface area (Å²) in [7, 11) is 0. The smallest absolute Gasteiger partial charge is 0.420 e. The van der Waals surface area contributed by atoms with Crippen LogP contribution < -0.4 is 0 Å². The number of hydrogen-bond acceptors (Lipinski definition) is 4. The van der Waals surface area contributed by atoms with E-state index >= 15 is 0 Å². The quantitative estimate of drug-likeness (QED) is 0.440. The highest BCUT2D eigenvalue weighted by atomic mass is 35.5. The van der Waals surface area contributed by atoms with Crippen molar-refractivity contribution in [3.63, 3.8) is 0 Å². The number of carbonyl (C=O) groups is 2. The first-order chi connectivity index (χ1) is 17.0. The van der Waals surface area contributed by atoms with Gasteiger partial charge in [-0.25, -0.2) is 13.8 Å². The number of aromatic nitrogens is 2. The van der Waals surface area contributed by atoms with E-state index in [4.69, 9.17) is 16.0 Å². The zero-order valence-corrected chi connectivity index (χ0v) is 19.5. The van der Waals surface area contributed by atoms with Crippen LogP contribution in [0.3, 0.4) is 0 Å². The van der Waals surface area contributed by atoms with E-state index in [2.05, 4.69) is 4.98 Å². The highest BCUT2D eigenvalue weighted by Crippen LogP contribution is 2.40. The Labute approximate surface area is 206 Å². The lowest BCUT2D eigenvalue weighted by Crippen LogP contribution is -2.49. The van der Waals surface area contributed by atoms with Crippen LogP contribution in [0.25, 0.3) is 16.8 Å². The molecule has 1 saturated carbocycles. The molecule has 7 nitrogen and oxygen atoms in total. The van der Waals surface area contributed by atoms with Crippen LogP contribution in [0.4, 0.5) is 22.0 Å². The molecule has 3 aromatic heterocycles. The van der Waals surface area contributed by atoms with Crippen molar-refractivity contribution >= 4 is 29.1 Å². The fourth-order valence-corrected chi connectivity index (χ4v) is 5.14. The van der Waals surface area contributed by atoms with Crippen molar-refractivity contribution in [1.29, 1.82) is 0 Å². The van der Waals surface area contributed by atoms with Gasteiger partial charge < -0.3 is 14.2 Å². The largest absolute Gasteiger partial charge is 0.472 e. The molecule has 1 saturated heterocycles. The van der Waals surface area contributed by atoms with Crippen LogP contribution in [0.2, 0.25) is 5.15 Å². The molecule has 0 N–H and O–H groups in total. The number of imidazole rings is 1. The van der Waals surface area contributed by atoms with Gasteiger partial charge in [-0.05, 0) is 31.4 Å². The molecular formula is C23H20ClF5N4O3. The molecule has 1 unspecified atom stereocenters. The minimum atomic E-state index is -4.80. The number of furan rings is 1. The molecule has 0 radical (unpaired) electrons. The molecule has 4 heterocycles. The van der Waals surface area contributed by atoms with Gasteiger partial charge in [0.15, 0.2) is 11.3 Å². The second-order valence-electron chi connectivity index (χ2n) is 8.93. The van der Waals surface area contributed by atoms with Crippen LogP contribution in [0.5, 0.6) is 0 Å². The number of rotatable bonds is 3. The van der Waals surface area contributed by atoms with Gasteiger partial charge in [0.1, 0.15) is 11.7 Å². The standard InChI is InChI=1S/C23H20ClF5N4O3/c24-19-18(21(35)31-6-2-7-32(17(34)11-31)16-3-1-5-22(16,25)26)30-20-15(23(27,28)29)9-14(10-33(19)20)13-4-8-36-12-13/h4,8-10,12,16H,1-3,5-7,11H2. The summed E-state index contributed by atoms with van der Waals surface area (Å²) in [6.45, 7) is -0.411. The van der Waals surface area contributed by atoms with Gasteiger partial charge in [0.05, 0.1) is 24.1 Å². The first-order valence-corrected chi connectivity index (χ1v) is 11.6. The van der Waals surface area contributed by atoms with Crippen molar-refractivity contribution in [3.8, 4) is 11.1 Å². The normalized spacial score (nSPS) is 20.8. The van der Waals surface area contributed by atoms with Crippen molar-refractivity contribution in [2.24, 2.45) is 0 Å². The minimum Gasteiger partial charge on any atom is -0.472 e. The van der Waals surface area contributed by atoms with Gasteiger partial charge in [0.2, 0.25) is 5.91 Å². The van der Waals surface area contributed by atoms with Crippen LogP contribution in [-0.2, 0) is 11.0 Å². The topological polar surface area (TPSA) is 71.1 Å². The Morgan fingerprint density at radius 2 is 1.97 bits per heavy atom. The summed E-state index contributed by atoms with van der Waals surface area (Å²) in [6, 6.07) is 1.13. The monoisotopic (exact) mass is 530 g/mol. The lowest BCUT2D eigenvalue weighted by molar-refractivity contribution is -0.141. The summed E-state index contributed by atoms with van der Waals surface area (Å²) < 4.78 is 76.0. The van der Waals surface area contributed by atoms with E-state index in [9.17, 15) is 31.5 Å². The molecule has 2 amide bonds. The van der Waals surface area contributed by atoms with E-state index < -0.39 is 53.4 Å². The first-order valence-electron chi connectivity index (χ1n) is 11.3. The van der Waals surface area contributed by atoms with Crippen LogP contribution in [-0.4, -0.2) is 62.6 Å². The molecule has 0 aromatic carbocycles. The van der Waals surface area contributed by atoms with E-state index in [1.54, 1.807) is 0 Å². The summed E-state index contributed by atoms with van der Waals surface area (Å²) in [5, 5.41) is -0.360. The maximum absolute atomic E-state index is 14.3. The average molecular weight is 531 g/mol. The molecule has 192 valence electrons. The maximum atomic E-state index is 14.3. The molecule has 1 aliphatic carbocycles. The van der Waals surface area contributed by atoms with Gasteiger partial charge in [0, 0.05) is 36.8 Å². The first kappa shape index (κ1) is 24.5. The molecule has 1 aliphatic heterocycles. The molecule has 3 aromatic rings. The number of alkyl halides is 5. The van der Waals surface area contributed by atoms with Crippen LogP contribution in [0.15, 0.2) is 35.3 Å². The molecular weight excluding hydrogens is 511 g/mol. The Morgan fingerprint density at radius 3 is 2.61 bits per heavy atom. The minimum absolute atomic E-state index is 0.0377. The van der Waals surface area contributed by atoms with Gasteiger partial charge in [-0.1, -0.05) is 11.6 Å². The Kier molecular flexibility index (Phi) is 5.97. The van der Waals surface area contributed by atoms with Crippen molar-refractivity contribution in [1.82, 2.24) is 19.2 Å². The van der Waals surface area contributed by atoms with Crippen molar-refractivity contribution in [2.45, 2.75) is 43.8 Å². The number of halogens is 6. The lowest BCUT2D eigenvalue weighted by Gasteiger charge is -2.31. The zero-order chi connectivity index (χ0) is 25.8.